The molecule has 146 valence electrons. The predicted octanol–water partition coefficient (Wildman–Crippen LogP) is 4.55. The Balaban J connectivity index is 1.65. The van der Waals surface area contributed by atoms with Crippen molar-refractivity contribution in [2.75, 3.05) is 12.4 Å². The van der Waals surface area contributed by atoms with Crippen LogP contribution in [-0.2, 0) is 4.74 Å². The number of anilines is 1. The van der Waals surface area contributed by atoms with Crippen LogP contribution in [0.2, 0.25) is 0 Å². The summed E-state index contributed by atoms with van der Waals surface area (Å²) in [4.78, 5) is 16.0. The molecule has 2 saturated carbocycles. The number of rotatable bonds is 4. The van der Waals surface area contributed by atoms with Gasteiger partial charge in [0.2, 0.25) is 0 Å². The Kier molecular flexibility index (Phi) is 5.93. The van der Waals surface area contributed by atoms with E-state index in [0.717, 1.165) is 12.8 Å². The van der Waals surface area contributed by atoms with Crippen molar-refractivity contribution in [2.45, 2.75) is 57.2 Å². The number of ether oxygens (including phenoxy) is 1. The molecule has 0 atom stereocenters. The molecule has 0 unspecified atom stereocenters. The maximum Gasteiger partial charge on any atom is 0.391 e. The van der Waals surface area contributed by atoms with Gasteiger partial charge in [-0.25, -0.2) is 9.78 Å². The summed E-state index contributed by atoms with van der Waals surface area (Å²) in [7, 11) is 1.31. The summed E-state index contributed by atoms with van der Waals surface area (Å²) in [6.45, 7) is 0. The van der Waals surface area contributed by atoms with E-state index < -0.39 is 18.1 Å². The van der Waals surface area contributed by atoms with Gasteiger partial charge in [-0.3, -0.25) is 0 Å². The highest BCUT2D eigenvalue weighted by molar-refractivity contribution is 5.89. The third-order valence-corrected chi connectivity index (χ3v) is 5.15. The first-order valence-electron chi connectivity index (χ1n) is 9.27. The van der Waals surface area contributed by atoms with E-state index in [1.807, 2.05) is 0 Å². The highest BCUT2D eigenvalue weighted by Gasteiger charge is 2.41. The number of carbonyl (C=O) groups excluding carboxylic acids is 1. The second-order valence-electron chi connectivity index (χ2n) is 7.30. The molecule has 0 bridgehead atoms. The average Bonchev–Trinajstić information content (AvgIpc) is 3.46. The molecule has 2 fully saturated rings. The molecular weight excluding hydrogens is 357 g/mol. The number of esters is 1. The summed E-state index contributed by atoms with van der Waals surface area (Å²) in [6.07, 6.45) is 1.55. The van der Waals surface area contributed by atoms with Crippen LogP contribution in [0.25, 0.3) is 0 Å². The minimum atomic E-state index is -4.08. The van der Waals surface area contributed by atoms with E-state index in [1.54, 1.807) is 6.07 Å². The summed E-state index contributed by atoms with van der Waals surface area (Å²) in [5, 5.41) is 3.29. The fourth-order valence-electron chi connectivity index (χ4n) is 3.31. The number of methoxy groups -OCH3 is 1. The lowest BCUT2D eigenvalue weighted by atomic mass is 9.80. The van der Waals surface area contributed by atoms with Crippen molar-refractivity contribution in [2.24, 2.45) is 11.8 Å². The first-order valence-corrected chi connectivity index (χ1v) is 9.27. The molecule has 0 aliphatic heterocycles. The van der Waals surface area contributed by atoms with Crippen LogP contribution < -0.4 is 5.32 Å². The summed E-state index contributed by atoms with van der Waals surface area (Å²) < 4.78 is 43.0. The van der Waals surface area contributed by atoms with Gasteiger partial charge >= 0.3 is 12.1 Å². The fourth-order valence-corrected chi connectivity index (χ4v) is 3.31. The zero-order valence-corrected chi connectivity index (χ0v) is 15.2. The molecule has 7 heteroatoms. The summed E-state index contributed by atoms with van der Waals surface area (Å²) >= 11 is 0. The number of halogens is 3. The van der Waals surface area contributed by atoms with Crippen molar-refractivity contribution in [1.29, 1.82) is 0 Å². The van der Waals surface area contributed by atoms with Gasteiger partial charge in [0.1, 0.15) is 5.82 Å². The number of aromatic nitrogens is 1. The lowest BCUT2D eigenvalue weighted by Crippen LogP contribution is -2.27. The molecule has 0 radical (unpaired) electrons. The van der Waals surface area contributed by atoms with Gasteiger partial charge in [0.25, 0.3) is 0 Å². The van der Waals surface area contributed by atoms with Crippen LogP contribution in [0.1, 0.15) is 60.9 Å². The van der Waals surface area contributed by atoms with Crippen molar-refractivity contribution in [1.82, 2.24) is 4.98 Å². The van der Waals surface area contributed by atoms with Crippen LogP contribution in [0.3, 0.4) is 0 Å². The van der Waals surface area contributed by atoms with Gasteiger partial charge in [0.05, 0.1) is 24.2 Å². The van der Waals surface area contributed by atoms with Crippen LogP contribution in [0.5, 0.6) is 0 Å². The normalized spacial score (nSPS) is 22.5. The van der Waals surface area contributed by atoms with E-state index in [4.69, 9.17) is 4.74 Å². The molecule has 1 aromatic heterocycles. The lowest BCUT2D eigenvalue weighted by molar-refractivity contribution is -0.183. The highest BCUT2D eigenvalue weighted by Crippen LogP contribution is 2.40. The molecule has 2 aliphatic rings. The smallest absolute Gasteiger partial charge is 0.391 e. The van der Waals surface area contributed by atoms with Crippen molar-refractivity contribution in [3.63, 3.8) is 0 Å². The Labute approximate surface area is 156 Å². The number of hydrogen-bond donors (Lipinski definition) is 1. The maximum absolute atomic E-state index is 12.7. The summed E-state index contributed by atoms with van der Waals surface area (Å²) in [5.74, 6) is 5.31. The van der Waals surface area contributed by atoms with Crippen LogP contribution in [0.4, 0.5) is 19.0 Å². The third-order valence-electron chi connectivity index (χ3n) is 5.15. The topological polar surface area (TPSA) is 51.2 Å². The SMILES string of the molecule is COC(=O)c1cnc(NC2CC2)c(C#CCC2CCC(C(F)(F)F)CC2)c1. The van der Waals surface area contributed by atoms with Gasteiger partial charge in [-0.15, -0.1) is 0 Å². The number of alkyl halides is 3. The number of nitrogens with zero attached hydrogens (tertiary/aromatic N) is 1. The van der Waals surface area contributed by atoms with Gasteiger partial charge in [-0.2, -0.15) is 13.2 Å². The molecule has 0 amide bonds. The summed E-state index contributed by atoms with van der Waals surface area (Å²) in [6, 6.07) is 2.04. The van der Waals surface area contributed by atoms with Crippen LogP contribution in [0, 0.1) is 23.7 Å². The standard InChI is InChI=1S/C20H23F3N2O2/c1-27-19(26)15-11-14(18(24-12-15)25-17-9-10-17)4-2-3-13-5-7-16(8-6-13)20(21,22)23/h11-13,16-17H,3,5-10H2,1H3,(H,24,25). The van der Waals surface area contributed by atoms with Gasteiger partial charge in [-0.05, 0) is 50.5 Å². The third kappa shape index (κ3) is 5.38. The molecule has 4 nitrogen and oxygen atoms in total. The first kappa shape index (κ1) is 19.5. The molecule has 1 N–H and O–H groups in total. The Morgan fingerprint density at radius 1 is 1.26 bits per heavy atom. The zero-order valence-electron chi connectivity index (χ0n) is 15.2. The second-order valence-corrected chi connectivity index (χ2v) is 7.30. The summed E-state index contributed by atoms with van der Waals surface area (Å²) in [5.41, 5.74) is 0.947. The largest absolute Gasteiger partial charge is 0.465 e. The minimum absolute atomic E-state index is 0.184. The molecule has 0 spiro atoms. The van der Waals surface area contributed by atoms with E-state index in [0.29, 0.717) is 42.2 Å². The molecule has 3 rings (SSSR count). The zero-order chi connectivity index (χ0) is 19.4. The molecule has 0 aromatic carbocycles. The van der Waals surface area contributed by atoms with E-state index in [2.05, 4.69) is 22.1 Å². The predicted molar refractivity (Wildman–Crippen MR) is 95.2 cm³/mol. The first-order chi connectivity index (χ1) is 12.9. The monoisotopic (exact) mass is 380 g/mol. The quantitative estimate of drug-likeness (QED) is 0.615. The Bertz CT molecular complexity index is 740. The van der Waals surface area contributed by atoms with E-state index in [1.165, 1.54) is 13.3 Å². The highest BCUT2D eigenvalue weighted by atomic mass is 19.4. The molecule has 0 saturated heterocycles. The molecule has 1 heterocycles. The van der Waals surface area contributed by atoms with E-state index in [-0.39, 0.29) is 18.8 Å². The van der Waals surface area contributed by atoms with Gasteiger partial charge in [-0.1, -0.05) is 11.8 Å². The van der Waals surface area contributed by atoms with Gasteiger partial charge in [0, 0.05) is 18.7 Å². The number of pyridine rings is 1. The maximum atomic E-state index is 12.7. The fraction of sp³-hybridized carbons (Fsp3) is 0.600. The molecule has 1 aromatic rings. The van der Waals surface area contributed by atoms with Crippen molar-refractivity contribution in [3.8, 4) is 11.8 Å². The minimum Gasteiger partial charge on any atom is -0.465 e. The number of carbonyl (C=O) groups is 1. The number of nitrogens with one attached hydrogen (secondary N) is 1. The average molecular weight is 380 g/mol. The molecule has 2 aliphatic carbocycles. The van der Waals surface area contributed by atoms with E-state index >= 15 is 0 Å². The molecular formula is C20H23F3N2O2. The van der Waals surface area contributed by atoms with Crippen molar-refractivity contribution < 1.29 is 22.7 Å². The Morgan fingerprint density at radius 2 is 1.96 bits per heavy atom. The van der Waals surface area contributed by atoms with Crippen molar-refractivity contribution >= 4 is 11.8 Å². The van der Waals surface area contributed by atoms with Gasteiger partial charge in [0.15, 0.2) is 0 Å². The second kappa shape index (κ2) is 8.20. The van der Waals surface area contributed by atoms with Crippen molar-refractivity contribution in [3.05, 3.63) is 23.4 Å². The lowest BCUT2D eigenvalue weighted by Gasteiger charge is -2.28. The van der Waals surface area contributed by atoms with Crippen LogP contribution in [-0.4, -0.2) is 30.3 Å². The number of hydrogen-bond acceptors (Lipinski definition) is 4. The van der Waals surface area contributed by atoms with E-state index in [9.17, 15) is 18.0 Å². The van der Waals surface area contributed by atoms with Crippen LogP contribution >= 0.6 is 0 Å². The van der Waals surface area contributed by atoms with Gasteiger partial charge < -0.3 is 10.1 Å². The Hall–Kier alpha value is -2.23. The van der Waals surface area contributed by atoms with Crippen LogP contribution in [0.15, 0.2) is 12.3 Å². The Morgan fingerprint density at radius 3 is 2.56 bits per heavy atom. The molecule has 27 heavy (non-hydrogen) atoms.